The molecule has 0 N–H and O–H groups in total. The summed E-state index contributed by atoms with van der Waals surface area (Å²) in [5, 5.41) is 4.72. The van der Waals surface area contributed by atoms with E-state index in [-0.39, 0.29) is 11.8 Å². The molecule has 8 heteroatoms. The second-order valence-electron chi connectivity index (χ2n) is 7.56. The lowest BCUT2D eigenvalue weighted by atomic mass is 9.97. The van der Waals surface area contributed by atoms with Gasteiger partial charge in [0.15, 0.2) is 11.5 Å². The maximum Gasteiger partial charge on any atom is 0.274 e. The van der Waals surface area contributed by atoms with Crippen LogP contribution in [0.1, 0.15) is 40.8 Å². The summed E-state index contributed by atoms with van der Waals surface area (Å²) in [4.78, 5) is 31.9. The molecule has 0 aliphatic carbocycles. The number of piperidine rings is 1. The quantitative estimate of drug-likeness (QED) is 0.526. The second kappa shape index (κ2) is 7.62. The molecule has 8 nitrogen and oxygen atoms in total. The Morgan fingerprint density at radius 1 is 1.07 bits per heavy atom. The van der Waals surface area contributed by atoms with Crippen LogP contribution >= 0.6 is 0 Å². The summed E-state index contributed by atoms with van der Waals surface area (Å²) in [5.41, 5.74) is 4.11. The van der Waals surface area contributed by atoms with Gasteiger partial charge >= 0.3 is 0 Å². The van der Waals surface area contributed by atoms with Gasteiger partial charge in [-0.15, -0.1) is 0 Å². The molecule has 1 aliphatic rings. The molecule has 5 heterocycles. The van der Waals surface area contributed by atoms with Crippen molar-refractivity contribution in [3.63, 3.8) is 0 Å². The van der Waals surface area contributed by atoms with Crippen LogP contribution in [0, 0.1) is 6.92 Å². The Balaban J connectivity index is 1.38. The highest BCUT2D eigenvalue weighted by Crippen LogP contribution is 2.26. The minimum Gasteiger partial charge on any atom is -0.337 e. The third kappa shape index (κ3) is 3.52. The van der Waals surface area contributed by atoms with Crippen molar-refractivity contribution in [2.24, 2.45) is 0 Å². The van der Waals surface area contributed by atoms with Gasteiger partial charge in [0.2, 0.25) is 0 Å². The van der Waals surface area contributed by atoms with E-state index in [1.807, 2.05) is 46.8 Å². The van der Waals surface area contributed by atoms with Gasteiger partial charge in [-0.25, -0.2) is 14.5 Å². The summed E-state index contributed by atoms with van der Waals surface area (Å²) in [5.74, 6) is 0.788. The Labute approximate surface area is 173 Å². The van der Waals surface area contributed by atoms with Gasteiger partial charge in [-0.2, -0.15) is 5.10 Å². The van der Waals surface area contributed by atoms with Crippen LogP contribution in [-0.2, 0) is 0 Å². The van der Waals surface area contributed by atoms with Crippen LogP contribution in [0.25, 0.3) is 16.8 Å². The summed E-state index contributed by atoms with van der Waals surface area (Å²) in [6, 6.07) is 7.95. The highest BCUT2D eigenvalue weighted by Gasteiger charge is 2.28. The highest BCUT2D eigenvalue weighted by molar-refractivity contribution is 5.92. The molecule has 5 rings (SSSR count). The monoisotopic (exact) mass is 399 g/mol. The number of carbonyl (C=O) groups excluding carboxylic acids is 1. The number of hydrogen-bond acceptors (Lipinski definition) is 6. The number of rotatable bonds is 3. The van der Waals surface area contributed by atoms with Crippen molar-refractivity contribution in [1.82, 2.24) is 34.4 Å². The number of carbonyl (C=O) groups is 1. The standard InChI is InChI=1S/C22H21N7O/c1-15-11-25-19(12-24-15)22(30)28-10-2-3-18(13-28)21-26-20-5-4-17(14-29(20)27-21)16-6-8-23-9-7-16/h4-9,11-12,14,18H,2-3,10,13H2,1H3/t18-/m1/s1. The van der Waals surface area contributed by atoms with Gasteiger partial charge in [-0.05, 0) is 49.6 Å². The van der Waals surface area contributed by atoms with E-state index in [0.717, 1.165) is 41.1 Å². The first-order valence-corrected chi connectivity index (χ1v) is 10.0. The molecule has 4 aromatic heterocycles. The molecular formula is C22H21N7O. The van der Waals surface area contributed by atoms with Gasteiger partial charge in [0.25, 0.3) is 5.91 Å². The van der Waals surface area contributed by atoms with Crippen LogP contribution in [0.4, 0.5) is 0 Å². The lowest BCUT2D eigenvalue weighted by molar-refractivity contribution is 0.0698. The molecule has 1 aliphatic heterocycles. The van der Waals surface area contributed by atoms with Crippen molar-refractivity contribution in [3.05, 3.63) is 72.5 Å². The Kier molecular flexibility index (Phi) is 4.66. The minimum absolute atomic E-state index is 0.0871. The van der Waals surface area contributed by atoms with Crippen LogP contribution in [-0.4, -0.2) is 53.4 Å². The number of hydrogen-bond donors (Lipinski definition) is 0. The van der Waals surface area contributed by atoms with Crippen molar-refractivity contribution in [2.45, 2.75) is 25.7 Å². The molecule has 0 radical (unpaired) electrons. The topological polar surface area (TPSA) is 89.2 Å². The summed E-state index contributed by atoms with van der Waals surface area (Å²) < 4.78 is 1.82. The van der Waals surface area contributed by atoms with Gasteiger partial charge in [-0.3, -0.25) is 14.8 Å². The molecule has 1 amide bonds. The van der Waals surface area contributed by atoms with E-state index in [0.29, 0.717) is 18.8 Å². The van der Waals surface area contributed by atoms with Crippen molar-refractivity contribution in [1.29, 1.82) is 0 Å². The Bertz CT molecular complexity index is 1190. The van der Waals surface area contributed by atoms with Crippen LogP contribution in [0.3, 0.4) is 0 Å². The molecule has 4 aromatic rings. The first kappa shape index (κ1) is 18.4. The number of aromatic nitrogens is 6. The highest BCUT2D eigenvalue weighted by atomic mass is 16.2. The molecule has 0 spiro atoms. The van der Waals surface area contributed by atoms with Crippen molar-refractivity contribution < 1.29 is 4.79 Å². The van der Waals surface area contributed by atoms with E-state index in [9.17, 15) is 4.79 Å². The fraction of sp³-hybridized carbons (Fsp3) is 0.273. The van der Waals surface area contributed by atoms with E-state index < -0.39 is 0 Å². The largest absolute Gasteiger partial charge is 0.337 e. The molecule has 1 fully saturated rings. The first-order chi connectivity index (χ1) is 14.7. The zero-order valence-corrected chi connectivity index (χ0v) is 16.6. The van der Waals surface area contributed by atoms with E-state index in [2.05, 4.69) is 15.0 Å². The molecule has 150 valence electrons. The van der Waals surface area contributed by atoms with Gasteiger partial charge in [0.05, 0.1) is 11.9 Å². The van der Waals surface area contributed by atoms with E-state index >= 15 is 0 Å². The van der Waals surface area contributed by atoms with Crippen molar-refractivity contribution in [2.75, 3.05) is 13.1 Å². The van der Waals surface area contributed by atoms with Crippen molar-refractivity contribution >= 4 is 11.6 Å². The average Bonchev–Trinajstić information content (AvgIpc) is 3.23. The number of amides is 1. The van der Waals surface area contributed by atoms with Crippen LogP contribution < -0.4 is 0 Å². The maximum atomic E-state index is 12.8. The van der Waals surface area contributed by atoms with Crippen LogP contribution in [0.2, 0.25) is 0 Å². The van der Waals surface area contributed by atoms with Crippen LogP contribution in [0.5, 0.6) is 0 Å². The molecule has 0 aromatic carbocycles. The molecular weight excluding hydrogens is 378 g/mol. The number of likely N-dealkylation sites (tertiary alicyclic amines) is 1. The summed E-state index contributed by atoms with van der Waals surface area (Å²) >= 11 is 0. The van der Waals surface area contributed by atoms with E-state index in [1.54, 1.807) is 24.8 Å². The average molecular weight is 399 g/mol. The van der Waals surface area contributed by atoms with Gasteiger partial charge in [0.1, 0.15) is 5.69 Å². The SMILES string of the molecule is Cc1cnc(C(=O)N2CCC[C@@H](c3nc4ccc(-c5ccncc5)cn4n3)C2)cn1. The Hall–Kier alpha value is -3.68. The van der Waals surface area contributed by atoms with Crippen LogP contribution in [0.15, 0.2) is 55.2 Å². The molecule has 0 unspecified atom stereocenters. The number of fused-ring (bicyclic) bond motifs is 1. The zero-order chi connectivity index (χ0) is 20.5. The maximum absolute atomic E-state index is 12.8. The second-order valence-corrected chi connectivity index (χ2v) is 7.56. The third-order valence-electron chi connectivity index (χ3n) is 5.43. The number of nitrogens with zero attached hydrogens (tertiary/aromatic N) is 7. The number of aryl methyl sites for hydroxylation is 1. The zero-order valence-electron chi connectivity index (χ0n) is 16.6. The summed E-state index contributed by atoms with van der Waals surface area (Å²) in [6.45, 7) is 3.15. The lowest BCUT2D eigenvalue weighted by Gasteiger charge is -2.31. The molecule has 1 saturated heterocycles. The van der Waals surface area contributed by atoms with Gasteiger partial charge in [-0.1, -0.05) is 0 Å². The predicted molar refractivity (Wildman–Crippen MR) is 111 cm³/mol. The summed E-state index contributed by atoms with van der Waals surface area (Å²) in [6.07, 6.45) is 10.6. The Morgan fingerprint density at radius 3 is 2.73 bits per heavy atom. The smallest absolute Gasteiger partial charge is 0.274 e. The summed E-state index contributed by atoms with van der Waals surface area (Å²) in [7, 11) is 0. The van der Waals surface area contributed by atoms with Gasteiger partial charge < -0.3 is 4.90 Å². The predicted octanol–water partition coefficient (Wildman–Crippen LogP) is 2.91. The first-order valence-electron chi connectivity index (χ1n) is 10.0. The minimum atomic E-state index is -0.0871. The molecule has 30 heavy (non-hydrogen) atoms. The van der Waals surface area contributed by atoms with E-state index in [1.165, 1.54) is 0 Å². The fourth-order valence-electron chi connectivity index (χ4n) is 3.83. The molecule has 1 atom stereocenters. The lowest BCUT2D eigenvalue weighted by Crippen LogP contribution is -2.39. The van der Waals surface area contributed by atoms with E-state index in [4.69, 9.17) is 10.1 Å². The van der Waals surface area contributed by atoms with Gasteiger partial charge in [0, 0.05) is 49.4 Å². The number of pyridine rings is 2. The van der Waals surface area contributed by atoms with Crippen molar-refractivity contribution in [3.8, 4) is 11.1 Å². The molecule has 0 saturated carbocycles. The normalized spacial score (nSPS) is 16.7. The molecule has 0 bridgehead atoms. The fourth-order valence-corrected chi connectivity index (χ4v) is 3.83. The Morgan fingerprint density at radius 2 is 1.93 bits per heavy atom. The third-order valence-corrected chi connectivity index (χ3v) is 5.43.